The second kappa shape index (κ2) is 16.3. The van der Waals surface area contributed by atoms with E-state index < -0.39 is 0 Å². The standard InChI is InChI=1S/C63H37N7.Y/c1-2-20-40(21-3-1)41-38-58(67-50-30-12-4-22-42(50)43-23-5-13-31-51(43)67)60(59(39-41)68-52-32-14-6-24-44(52)45-25-7-15-33-53(45)68)61-64-62(69-54-34-16-8-26-46(54)47-27-9-17-35-55(47)69)66-63(65-61)70-56-36-18-10-28-48(56)49-29-11-19-37-57(49)70;/h1-20,22-38H;/q-2;. The van der Waals surface area contributed by atoms with Crippen LogP contribution in [0.1, 0.15) is 0 Å². The number of nitrogens with zero attached hydrogens (tertiary/aromatic N) is 7. The maximum atomic E-state index is 5.75. The predicted molar refractivity (Wildman–Crippen MR) is 286 cm³/mol. The molecule has 0 aliphatic heterocycles. The van der Waals surface area contributed by atoms with E-state index in [-0.39, 0.29) is 32.7 Å². The van der Waals surface area contributed by atoms with Gasteiger partial charge in [0.2, 0.25) is 11.9 Å². The van der Waals surface area contributed by atoms with E-state index in [9.17, 15) is 0 Å². The van der Waals surface area contributed by atoms with Crippen molar-refractivity contribution in [1.82, 2.24) is 33.2 Å². The fourth-order valence-corrected chi connectivity index (χ4v) is 11.1. The molecule has 0 aliphatic rings. The van der Waals surface area contributed by atoms with Gasteiger partial charge in [0.1, 0.15) is 5.82 Å². The van der Waals surface area contributed by atoms with Crippen molar-refractivity contribution in [3.8, 4) is 45.8 Å². The van der Waals surface area contributed by atoms with Crippen LogP contribution in [0.4, 0.5) is 0 Å². The van der Waals surface area contributed by atoms with Crippen LogP contribution in [0.5, 0.6) is 0 Å². The van der Waals surface area contributed by atoms with Crippen LogP contribution in [0.2, 0.25) is 0 Å². The molecule has 0 N–H and O–H groups in total. The molecule has 329 valence electrons. The van der Waals surface area contributed by atoms with E-state index in [1.54, 1.807) is 0 Å². The van der Waals surface area contributed by atoms with Gasteiger partial charge in [0.15, 0.2) is 0 Å². The molecule has 5 aromatic heterocycles. The molecule has 71 heavy (non-hydrogen) atoms. The molecule has 0 saturated carbocycles. The van der Waals surface area contributed by atoms with Crippen molar-refractivity contribution in [2.45, 2.75) is 0 Å². The van der Waals surface area contributed by atoms with E-state index in [1.165, 1.54) is 0 Å². The topological polar surface area (TPSA) is 58.4 Å². The van der Waals surface area contributed by atoms with Gasteiger partial charge in [-0.1, -0.05) is 146 Å². The summed E-state index contributed by atoms with van der Waals surface area (Å²) in [6.45, 7) is 0. The Morgan fingerprint density at radius 1 is 0.310 bits per heavy atom. The van der Waals surface area contributed by atoms with Gasteiger partial charge in [-0.3, -0.25) is 9.13 Å². The number of fused-ring (bicyclic) bond motifs is 12. The fourth-order valence-electron chi connectivity index (χ4n) is 11.1. The molecule has 0 bridgehead atoms. The summed E-state index contributed by atoms with van der Waals surface area (Å²) >= 11 is 0. The quantitative estimate of drug-likeness (QED) is 0.156. The first-order valence-electron chi connectivity index (χ1n) is 23.5. The summed E-state index contributed by atoms with van der Waals surface area (Å²) in [7, 11) is 0. The van der Waals surface area contributed by atoms with E-state index in [0.29, 0.717) is 17.7 Å². The van der Waals surface area contributed by atoms with E-state index >= 15 is 0 Å². The zero-order valence-corrected chi connectivity index (χ0v) is 40.9. The molecule has 0 saturated heterocycles. The van der Waals surface area contributed by atoms with E-state index in [1.807, 2.05) is 12.1 Å². The van der Waals surface area contributed by atoms with Gasteiger partial charge >= 0.3 is 0 Å². The van der Waals surface area contributed by atoms with Gasteiger partial charge in [0.05, 0.1) is 44.1 Å². The summed E-state index contributed by atoms with van der Waals surface area (Å²) in [5.41, 5.74) is 12.5. The first-order chi connectivity index (χ1) is 34.8. The van der Waals surface area contributed by atoms with Crippen LogP contribution in [0, 0.1) is 12.1 Å². The number of para-hydroxylation sites is 8. The van der Waals surface area contributed by atoms with Crippen molar-refractivity contribution in [2.75, 3.05) is 0 Å². The van der Waals surface area contributed by atoms with Crippen molar-refractivity contribution in [3.63, 3.8) is 0 Å². The molecule has 7 nitrogen and oxygen atoms in total. The van der Waals surface area contributed by atoms with Crippen LogP contribution < -0.4 is 0 Å². The van der Waals surface area contributed by atoms with E-state index in [4.69, 9.17) is 15.0 Å². The van der Waals surface area contributed by atoms with Crippen LogP contribution in [-0.4, -0.2) is 33.2 Å². The Hall–Kier alpha value is -8.49. The monoisotopic (exact) mass is 980 g/mol. The Kier molecular flexibility index (Phi) is 9.53. The summed E-state index contributed by atoms with van der Waals surface area (Å²) in [4.78, 5) is 17.1. The average Bonchev–Trinajstić information content (AvgIpc) is 4.16. The molecule has 15 rings (SSSR count). The molecule has 0 spiro atoms. The number of rotatable bonds is 6. The molecular formula is C63H37N7Y-2. The normalized spacial score (nSPS) is 11.8. The molecule has 10 aromatic carbocycles. The summed E-state index contributed by atoms with van der Waals surface area (Å²) in [6.07, 6.45) is 0. The Morgan fingerprint density at radius 2 is 0.634 bits per heavy atom. The minimum Gasteiger partial charge on any atom is -0.327 e. The molecule has 0 atom stereocenters. The number of aromatic nitrogens is 7. The van der Waals surface area contributed by atoms with Crippen LogP contribution in [0.3, 0.4) is 0 Å². The zero-order chi connectivity index (χ0) is 45.9. The average molecular weight is 981 g/mol. The van der Waals surface area contributed by atoms with E-state index in [0.717, 1.165) is 115 Å². The van der Waals surface area contributed by atoms with Crippen LogP contribution in [0.25, 0.3) is 133 Å². The largest absolute Gasteiger partial charge is 0.327 e. The van der Waals surface area contributed by atoms with Crippen LogP contribution in [0.15, 0.2) is 224 Å². The molecule has 1 radical (unpaired) electrons. The third kappa shape index (κ3) is 6.20. The molecule has 0 aliphatic carbocycles. The van der Waals surface area contributed by atoms with Gasteiger partial charge in [0.25, 0.3) is 0 Å². The maximum Gasteiger partial charge on any atom is 0.239 e. The zero-order valence-electron chi connectivity index (χ0n) is 38.1. The second-order valence-electron chi connectivity index (χ2n) is 17.8. The summed E-state index contributed by atoms with van der Waals surface area (Å²) in [5, 5.41) is 9.05. The molecule has 0 amide bonds. The molecular weight excluding hydrogens is 944 g/mol. The predicted octanol–water partition coefficient (Wildman–Crippen LogP) is 15.2. The summed E-state index contributed by atoms with van der Waals surface area (Å²) < 4.78 is 9.14. The molecule has 15 aromatic rings. The summed E-state index contributed by atoms with van der Waals surface area (Å²) in [6, 6.07) is 86.7. The molecule has 0 unspecified atom stereocenters. The van der Waals surface area contributed by atoms with Crippen LogP contribution in [-0.2, 0) is 32.7 Å². The third-order valence-corrected chi connectivity index (χ3v) is 14.0. The Balaban J connectivity index is 0.00000470. The molecule has 5 heterocycles. The van der Waals surface area contributed by atoms with E-state index in [2.05, 4.69) is 243 Å². The van der Waals surface area contributed by atoms with Crippen LogP contribution >= 0.6 is 0 Å². The fraction of sp³-hybridized carbons (Fsp3) is 0. The first kappa shape index (κ1) is 41.5. The minimum atomic E-state index is 0. The SMILES string of the molecule is [Y].[c-]1ccccc1-c1[c-]c(-n2c3ccccc3c3ccccc32)c(-c2nc(-n3c4ccccc4c4ccccc43)nc(-n3c4ccccc4c4ccccc43)n2)c(-n2c3ccccc3c3ccccc32)c1. The van der Waals surface area contributed by atoms with Gasteiger partial charge in [-0.25, -0.2) is 21.1 Å². The van der Waals surface area contributed by atoms with Crippen molar-refractivity contribution in [2.24, 2.45) is 0 Å². The number of hydrogen-bond acceptors (Lipinski definition) is 3. The smallest absolute Gasteiger partial charge is 0.239 e. The molecule has 8 heteroatoms. The summed E-state index contributed by atoms with van der Waals surface area (Å²) in [5.74, 6) is 1.50. The van der Waals surface area contributed by atoms with Crippen molar-refractivity contribution in [1.29, 1.82) is 0 Å². The third-order valence-electron chi connectivity index (χ3n) is 14.0. The van der Waals surface area contributed by atoms with Crippen molar-refractivity contribution < 1.29 is 32.7 Å². The van der Waals surface area contributed by atoms with Gasteiger partial charge in [-0.15, -0.1) is 6.07 Å². The van der Waals surface area contributed by atoms with Gasteiger partial charge in [-0.2, -0.15) is 41.4 Å². The van der Waals surface area contributed by atoms with Gasteiger partial charge in [0, 0.05) is 75.8 Å². The maximum absolute atomic E-state index is 5.75. The van der Waals surface area contributed by atoms with Crippen molar-refractivity contribution >= 4 is 87.2 Å². The minimum absolute atomic E-state index is 0. The Morgan fingerprint density at radius 3 is 0.986 bits per heavy atom. The number of hydrogen-bond donors (Lipinski definition) is 0. The molecule has 0 fully saturated rings. The Labute approximate surface area is 432 Å². The Bertz CT molecular complexity index is 4130. The van der Waals surface area contributed by atoms with Gasteiger partial charge < -0.3 is 9.13 Å². The number of benzene rings is 10. The first-order valence-corrected chi connectivity index (χ1v) is 23.5. The van der Waals surface area contributed by atoms with Gasteiger partial charge in [-0.05, 0) is 65.5 Å². The van der Waals surface area contributed by atoms with Crippen molar-refractivity contribution in [3.05, 3.63) is 237 Å². The second-order valence-corrected chi connectivity index (χ2v) is 17.8.